The van der Waals surface area contributed by atoms with E-state index in [1.54, 1.807) is 6.07 Å². The molecule has 6 heteroatoms. The molecule has 1 amide bonds. The number of nitrogens with zero attached hydrogens (tertiary/aromatic N) is 2. The first-order chi connectivity index (χ1) is 8.16. The Bertz CT molecular complexity index is 650. The number of hydrogen-bond acceptors (Lipinski definition) is 4. The van der Waals surface area contributed by atoms with Gasteiger partial charge in [-0.25, -0.2) is 0 Å². The number of benzene rings is 1. The molecule has 0 radical (unpaired) electrons. The Kier molecular flexibility index (Phi) is 1.98. The van der Waals surface area contributed by atoms with E-state index in [4.69, 9.17) is 0 Å². The number of rotatable bonds is 1. The first kappa shape index (κ1) is 9.95. The lowest BCUT2D eigenvalue weighted by Crippen LogP contribution is -2.40. The van der Waals surface area contributed by atoms with Gasteiger partial charge in [0.2, 0.25) is 5.91 Å². The number of nitro groups is 1. The normalized spacial score (nSPS) is 21.3. The number of piperidine rings is 1. The third kappa shape index (κ3) is 1.41. The van der Waals surface area contributed by atoms with Crippen LogP contribution < -0.4 is 15.9 Å². The average molecular weight is 231 g/mol. The molecule has 0 saturated carbocycles. The second kappa shape index (κ2) is 3.38. The van der Waals surface area contributed by atoms with E-state index in [0.29, 0.717) is 18.3 Å². The van der Waals surface area contributed by atoms with Crippen LogP contribution in [0.1, 0.15) is 6.42 Å². The SMILES string of the molecule is O=C1NCCC2=c3cc([N+](=O)[O-])ccc3=N[C@@H]12. The van der Waals surface area contributed by atoms with Crippen LogP contribution in [0.4, 0.5) is 5.69 Å². The highest BCUT2D eigenvalue weighted by Gasteiger charge is 2.30. The van der Waals surface area contributed by atoms with Crippen LogP contribution in [0.2, 0.25) is 0 Å². The molecule has 0 aliphatic carbocycles. The topological polar surface area (TPSA) is 84.6 Å². The van der Waals surface area contributed by atoms with Crippen molar-refractivity contribution >= 4 is 17.2 Å². The molecule has 2 aliphatic heterocycles. The Balaban J connectivity index is 2.26. The summed E-state index contributed by atoms with van der Waals surface area (Å²) in [7, 11) is 0. The number of amides is 1. The number of nitro benzene ring substituents is 1. The molecule has 1 aromatic rings. The monoisotopic (exact) mass is 231 g/mol. The average Bonchev–Trinajstić information content (AvgIpc) is 2.68. The highest BCUT2D eigenvalue weighted by molar-refractivity contribution is 5.94. The van der Waals surface area contributed by atoms with Crippen LogP contribution >= 0.6 is 0 Å². The van der Waals surface area contributed by atoms with E-state index in [2.05, 4.69) is 10.3 Å². The molecular formula is C11H9N3O3. The fourth-order valence-corrected chi connectivity index (χ4v) is 2.28. The molecule has 0 spiro atoms. The smallest absolute Gasteiger partial charge is 0.270 e. The van der Waals surface area contributed by atoms with Gasteiger partial charge in [-0.1, -0.05) is 0 Å². The van der Waals surface area contributed by atoms with E-state index in [1.807, 2.05) is 0 Å². The van der Waals surface area contributed by atoms with Crippen LogP contribution in [0.15, 0.2) is 23.2 Å². The molecule has 1 fully saturated rings. The zero-order valence-corrected chi connectivity index (χ0v) is 8.84. The lowest BCUT2D eigenvalue weighted by Gasteiger charge is -2.18. The molecule has 3 rings (SSSR count). The zero-order chi connectivity index (χ0) is 12.0. The molecule has 6 nitrogen and oxygen atoms in total. The van der Waals surface area contributed by atoms with Crippen molar-refractivity contribution in [2.45, 2.75) is 12.5 Å². The van der Waals surface area contributed by atoms with E-state index in [1.165, 1.54) is 12.1 Å². The first-order valence-corrected chi connectivity index (χ1v) is 5.30. The first-order valence-electron chi connectivity index (χ1n) is 5.30. The molecule has 0 aromatic heterocycles. The van der Waals surface area contributed by atoms with Gasteiger partial charge in [0, 0.05) is 23.9 Å². The van der Waals surface area contributed by atoms with Crippen molar-refractivity contribution in [2.24, 2.45) is 4.99 Å². The van der Waals surface area contributed by atoms with Crippen molar-refractivity contribution in [1.82, 2.24) is 5.32 Å². The molecule has 0 unspecified atom stereocenters. The summed E-state index contributed by atoms with van der Waals surface area (Å²) in [5.41, 5.74) is 0.936. The van der Waals surface area contributed by atoms with Gasteiger partial charge >= 0.3 is 0 Å². The second-order valence-corrected chi connectivity index (χ2v) is 4.06. The van der Waals surface area contributed by atoms with E-state index < -0.39 is 11.0 Å². The number of carbonyl (C=O) groups is 1. The summed E-state index contributed by atoms with van der Waals surface area (Å²) in [6.45, 7) is 0.572. The van der Waals surface area contributed by atoms with Crippen LogP contribution in [0.25, 0.3) is 5.57 Å². The number of hydrogen-bond donors (Lipinski definition) is 1. The van der Waals surface area contributed by atoms with E-state index in [0.717, 1.165) is 10.8 Å². The van der Waals surface area contributed by atoms with Crippen molar-refractivity contribution in [3.63, 3.8) is 0 Å². The fraction of sp³-hybridized carbons (Fsp3) is 0.273. The maximum Gasteiger partial charge on any atom is 0.270 e. The minimum atomic E-state index is -0.485. The summed E-state index contributed by atoms with van der Waals surface area (Å²) >= 11 is 0. The van der Waals surface area contributed by atoms with Gasteiger partial charge in [-0.05, 0) is 18.1 Å². The number of nitrogens with one attached hydrogen (secondary N) is 1. The zero-order valence-electron chi connectivity index (χ0n) is 8.84. The van der Waals surface area contributed by atoms with Crippen LogP contribution in [0.5, 0.6) is 0 Å². The van der Waals surface area contributed by atoms with Gasteiger partial charge in [0.1, 0.15) is 0 Å². The van der Waals surface area contributed by atoms with Gasteiger partial charge in [0.15, 0.2) is 6.04 Å². The number of non-ortho nitro benzene ring substituents is 1. The Morgan fingerprint density at radius 2 is 2.29 bits per heavy atom. The van der Waals surface area contributed by atoms with Crippen molar-refractivity contribution in [2.75, 3.05) is 6.54 Å². The van der Waals surface area contributed by atoms with E-state index >= 15 is 0 Å². The maximum absolute atomic E-state index is 11.6. The largest absolute Gasteiger partial charge is 0.354 e. The number of carbonyl (C=O) groups excluding carboxylic acids is 1. The quantitative estimate of drug-likeness (QED) is 0.510. The van der Waals surface area contributed by atoms with Crippen molar-refractivity contribution in [3.05, 3.63) is 38.9 Å². The summed E-state index contributed by atoms with van der Waals surface area (Å²) < 4.78 is 0. The molecule has 2 aliphatic rings. The van der Waals surface area contributed by atoms with Crippen LogP contribution in [-0.2, 0) is 4.79 Å². The van der Waals surface area contributed by atoms with Gasteiger partial charge in [-0.2, -0.15) is 0 Å². The molecule has 17 heavy (non-hydrogen) atoms. The third-order valence-electron chi connectivity index (χ3n) is 3.08. The van der Waals surface area contributed by atoms with Gasteiger partial charge in [-0.3, -0.25) is 19.9 Å². The molecule has 0 bridgehead atoms. The Hall–Kier alpha value is -2.24. The van der Waals surface area contributed by atoms with Gasteiger partial charge in [0.05, 0.1) is 10.3 Å². The van der Waals surface area contributed by atoms with Crippen molar-refractivity contribution in [1.29, 1.82) is 0 Å². The minimum absolute atomic E-state index is 0.0399. The molecule has 1 atom stereocenters. The molecular weight excluding hydrogens is 222 g/mol. The number of fused-ring (bicyclic) bond motifs is 2. The van der Waals surface area contributed by atoms with Crippen LogP contribution in [0, 0.1) is 10.1 Å². The maximum atomic E-state index is 11.6. The second-order valence-electron chi connectivity index (χ2n) is 4.06. The highest BCUT2D eigenvalue weighted by atomic mass is 16.6. The molecule has 1 saturated heterocycles. The fourth-order valence-electron chi connectivity index (χ4n) is 2.28. The molecule has 2 heterocycles. The van der Waals surface area contributed by atoms with Crippen LogP contribution in [-0.4, -0.2) is 23.4 Å². The van der Waals surface area contributed by atoms with Crippen LogP contribution in [0.3, 0.4) is 0 Å². The van der Waals surface area contributed by atoms with Gasteiger partial charge < -0.3 is 5.32 Å². The minimum Gasteiger partial charge on any atom is -0.354 e. The van der Waals surface area contributed by atoms with E-state index in [-0.39, 0.29) is 11.6 Å². The van der Waals surface area contributed by atoms with Gasteiger partial charge in [-0.15, -0.1) is 0 Å². The predicted octanol–water partition coefficient (Wildman–Crippen LogP) is -0.733. The molecule has 1 aromatic carbocycles. The Morgan fingerprint density at radius 3 is 3.06 bits per heavy atom. The lowest BCUT2D eigenvalue weighted by molar-refractivity contribution is -0.385. The lowest BCUT2D eigenvalue weighted by atomic mass is 9.99. The Labute approximate surface area is 95.8 Å². The van der Waals surface area contributed by atoms with Crippen molar-refractivity contribution in [3.8, 4) is 0 Å². The predicted molar refractivity (Wildman–Crippen MR) is 58.7 cm³/mol. The Morgan fingerprint density at radius 1 is 1.47 bits per heavy atom. The standard InChI is InChI=1S/C11H9N3O3/c15-11-10-7(3-4-12-11)8-5-6(14(16)17)1-2-9(8)13-10/h1-2,5,10H,3-4H2,(H,12,15)/t10-/m1/s1. The summed E-state index contributed by atoms with van der Waals surface area (Å²) in [5.74, 6) is -0.120. The summed E-state index contributed by atoms with van der Waals surface area (Å²) in [4.78, 5) is 26.2. The summed E-state index contributed by atoms with van der Waals surface area (Å²) in [6.07, 6.45) is 0.702. The summed E-state index contributed by atoms with van der Waals surface area (Å²) in [6, 6.07) is 4.04. The summed E-state index contributed by atoms with van der Waals surface area (Å²) in [5, 5.41) is 14.9. The van der Waals surface area contributed by atoms with E-state index in [9.17, 15) is 14.9 Å². The van der Waals surface area contributed by atoms with Gasteiger partial charge in [0.25, 0.3) is 5.69 Å². The highest BCUT2D eigenvalue weighted by Crippen LogP contribution is 2.18. The third-order valence-corrected chi connectivity index (χ3v) is 3.08. The van der Waals surface area contributed by atoms with Crippen molar-refractivity contribution < 1.29 is 9.72 Å². The molecule has 86 valence electrons. The molecule has 1 N–H and O–H groups in total.